The minimum absolute atomic E-state index is 0.000172. The largest absolute Gasteiger partial charge is 0.337 e. The van der Waals surface area contributed by atoms with E-state index in [0.29, 0.717) is 5.06 Å². The second kappa shape index (κ2) is 6.02. The van der Waals surface area contributed by atoms with Gasteiger partial charge in [0.2, 0.25) is 0 Å². The van der Waals surface area contributed by atoms with Gasteiger partial charge in [-0.05, 0) is 39.2 Å². The van der Waals surface area contributed by atoms with Gasteiger partial charge in [0.25, 0.3) is 11.8 Å². The number of amides is 2. The molecule has 3 aromatic carbocycles. The Labute approximate surface area is 143 Å². The Morgan fingerprint density at radius 1 is 0.840 bits per heavy atom. The molecule has 5 nitrogen and oxygen atoms in total. The van der Waals surface area contributed by atoms with Crippen molar-refractivity contribution in [1.82, 2.24) is 5.06 Å². The highest BCUT2D eigenvalue weighted by molar-refractivity contribution is 6.02. The van der Waals surface area contributed by atoms with E-state index in [0.717, 1.165) is 27.1 Å². The van der Waals surface area contributed by atoms with Crippen molar-refractivity contribution >= 4 is 39.3 Å². The van der Waals surface area contributed by atoms with E-state index in [-0.39, 0.29) is 19.3 Å². The van der Waals surface area contributed by atoms with Crippen LogP contribution in [0.1, 0.15) is 18.4 Å². The Hall–Kier alpha value is -3.21. The fourth-order valence-corrected chi connectivity index (χ4v) is 3.06. The molecular weight excluding hydrogens is 318 g/mol. The first-order valence-corrected chi connectivity index (χ1v) is 8.08. The van der Waals surface area contributed by atoms with E-state index in [1.54, 1.807) is 0 Å². The average Bonchev–Trinajstić information content (AvgIpc) is 2.92. The Morgan fingerprint density at radius 2 is 1.44 bits per heavy atom. The van der Waals surface area contributed by atoms with Gasteiger partial charge in [-0.1, -0.05) is 42.5 Å². The van der Waals surface area contributed by atoms with Crippen molar-refractivity contribution in [2.24, 2.45) is 0 Å². The zero-order chi connectivity index (χ0) is 17.4. The van der Waals surface area contributed by atoms with Gasteiger partial charge in [-0.3, -0.25) is 9.59 Å². The van der Waals surface area contributed by atoms with Crippen molar-refractivity contribution in [2.45, 2.75) is 19.3 Å². The van der Waals surface area contributed by atoms with Crippen molar-refractivity contribution in [3.63, 3.8) is 0 Å². The van der Waals surface area contributed by atoms with Crippen LogP contribution in [-0.4, -0.2) is 22.8 Å². The lowest BCUT2D eigenvalue weighted by Crippen LogP contribution is -2.32. The molecule has 1 fully saturated rings. The van der Waals surface area contributed by atoms with E-state index in [1.807, 2.05) is 36.4 Å². The Balaban J connectivity index is 1.57. The van der Waals surface area contributed by atoms with E-state index >= 15 is 0 Å². The lowest BCUT2D eigenvalue weighted by molar-refractivity contribution is -0.197. The molecule has 0 N–H and O–H groups in total. The number of hydroxylamine groups is 2. The molecule has 4 rings (SSSR count). The van der Waals surface area contributed by atoms with E-state index in [1.165, 1.54) is 0 Å². The molecule has 3 aromatic rings. The van der Waals surface area contributed by atoms with Crippen LogP contribution in [0.2, 0.25) is 0 Å². The normalized spacial score (nSPS) is 14.5. The second-order valence-electron chi connectivity index (χ2n) is 6.10. The molecule has 0 aliphatic carbocycles. The molecule has 0 radical (unpaired) electrons. The van der Waals surface area contributed by atoms with E-state index < -0.39 is 17.8 Å². The molecule has 25 heavy (non-hydrogen) atoms. The van der Waals surface area contributed by atoms with E-state index in [2.05, 4.69) is 18.2 Å². The number of carbonyl (C=O) groups excluding carboxylic acids is 3. The van der Waals surface area contributed by atoms with E-state index in [9.17, 15) is 14.4 Å². The lowest BCUT2D eigenvalue weighted by Gasteiger charge is -2.12. The topological polar surface area (TPSA) is 63.7 Å². The molecule has 5 heteroatoms. The molecule has 0 saturated carbocycles. The van der Waals surface area contributed by atoms with Crippen LogP contribution in [-0.2, 0) is 25.6 Å². The minimum atomic E-state index is -0.622. The van der Waals surface area contributed by atoms with Crippen LogP contribution < -0.4 is 0 Å². The van der Waals surface area contributed by atoms with Crippen LogP contribution in [0.4, 0.5) is 0 Å². The summed E-state index contributed by atoms with van der Waals surface area (Å²) in [4.78, 5) is 40.0. The second-order valence-corrected chi connectivity index (χ2v) is 6.10. The van der Waals surface area contributed by atoms with Gasteiger partial charge in [0.1, 0.15) is 0 Å². The van der Waals surface area contributed by atoms with Crippen LogP contribution in [0, 0.1) is 0 Å². The van der Waals surface area contributed by atoms with Gasteiger partial charge >= 0.3 is 5.97 Å². The highest BCUT2D eigenvalue weighted by atomic mass is 16.7. The molecular formula is C20H15NO4. The summed E-state index contributed by atoms with van der Waals surface area (Å²) in [7, 11) is 0. The molecule has 0 atom stereocenters. The highest BCUT2D eigenvalue weighted by Gasteiger charge is 2.32. The van der Waals surface area contributed by atoms with Crippen molar-refractivity contribution in [3.05, 3.63) is 60.2 Å². The Morgan fingerprint density at radius 3 is 2.12 bits per heavy atom. The first kappa shape index (κ1) is 15.3. The lowest BCUT2D eigenvalue weighted by atomic mass is 10.0. The zero-order valence-corrected chi connectivity index (χ0v) is 13.4. The van der Waals surface area contributed by atoms with Crippen LogP contribution in [0.5, 0.6) is 0 Å². The van der Waals surface area contributed by atoms with Crippen molar-refractivity contribution < 1.29 is 19.2 Å². The number of nitrogens with zero attached hydrogens (tertiary/aromatic N) is 1. The van der Waals surface area contributed by atoms with Gasteiger partial charge < -0.3 is 4.84 Å². The minimum Gasteiger partial charge on any atom is -0.330 e. The number of imide groups is 1. The van der Waals surface area contributed by atoms with Gasteiger partial charge in [-0.15, -0.1) is 5.06 Å². The maximum Gasteiger partial charge on any atom is 0.337 e. The summed E-state index contributed by atoms with van der Waals surface area (Å²) in [6.07, 6.45) is 0.185. The van der Waals surface area contributed by atoms with Gasteiger partial charge in [0, 0.05) is 12.8 Å². The number of hydrogen-bond acceptors (Lipinski definition) is 4. The van der Waals surface area contributed by atoms with Crippen LogP contribution in [0.3, 0.4) is 0 Å². The van der Waals surface area contributed by atoms with Crippen LogP contribution in [0.15, 0.2) is 54.6 Å². The van der Waals surface area contributed by atoms with Crippen molar-refractivity contribution in [3.8, 4) is 0 Å². The number of hydrogen-bond donors (Lipinski definition) is 0. The number of benzene rings is 3. The summed E-state index contributed by atoms with van der Waals surface area (Å²) in [6, 6.07) is 18.0. The standard InChI is InChI=1S/C20H15NO4/c22-18-7-8-19(23)21(18)25-20(24)10-13-5-6-16-11-14-3-1-2-4-15(14)12-17(16)9-13/h1-6,9,11-12H,7-8,10H2. The summed E-state index contributed by atoms with van der Waals surface area (Å²) in [5.41, 5.74) is 0.770. The molecule has 2 amide bonds. The number of fused-ring (bicyclic) bond motifs is 2. The fourth-order valence-electron chi connectivity index (χ4n) is 3.06. The predicted octanol–water partition coefficient (Wildman–Crippen LogP) is 3.14. The molecule has 1 aliphatic heterocycles. The third-order valence-electron chi connectivity index (χ3n) is 4.32. The molecule has 1 aliphatic rings. The van der Waals surface area contributed by atoms with Gasteiger partial charge in [-0.2, -0.15) is 0 Å². The number of rotatable bonds is 3. The molecule has 0 aromatic heterocycles. The maximum absolute atomic E-state index is 12.0. The predicted molar refractivity (Wildman–Crippen MR) is 92.3 cm³/mol. The van der Waals surface area contributed by atoms with Crippen LogP contribution >= 0.6 is 0 Å². The maximum atomic E-state index is 12.0. The summed E-state index contributed by atoms with van der Waals surface area (Å²) in [5, 5.41) is 4.98. The molecule has 124 valence electrons. The highest BCUT2D eigenvalue weighted by Crippen LogP contribution is 2.24. The van der Waals surface area contributed by atoms with Gasteiger partial charge in [0.15, 0.2) is 0 Å². The average molecular weight is 333 g/mol. The number of carbonyl (C=O) groups is 3. The van der Waals surface area contributed by atoms with Crippen LogP contribution in [0.25, 0.3) is 21.5 Å². The molecule has 0 bridgehead atoms. The third-order valence-corrected chi connectivity index (χ3v) is 4.32. The first-order chi connectivity index (χ1) is 12.1. The quantitative estimate of drug-likeness (QED) is 0.546. The smallest absolute Gasteiger partial charge is 0.330 e. The Kier molecular flexibility index (Phi) is 3.69. The summed E-state index contributed by atoms with van der Waals surface area (Å²) >= 11 is 0. The molecule has 0 unspecified atom stereocenters. The SMILES string of the molecule is O=C(Cc1ccc2cc3ccccc3cc2c1)ON1C(=O)CCC1=O. The monoisotopic (exact) mass is 333 g/mol. The first-order valence-electron chi connectivity index (χ1n) is 8.08. The van der Waals surface area contributed by atoms with Crippen molar-refractivity contribution in [2.75, 3.05) is 0 Å². The third kappa shape index (κ3) is 2.96. The molecule has 0 spiro atoms. The summed E-state index contributed by atoms with van der Waals surface area (Å²) in [5.74, 6) is -1.56. The fraction of sp³-hybridized carbons (Fsp3) is 0.150. The van der Waals surface area contributed by atoms with Gasteiger partial charge in [-0.25, -0.2) is 4.79 Å². The molecule has 1 saturated heterocycles. The summed E-state index contributed by atoms with van der Waals surface area (Å²) in [6.45, 7) is 0. The van der Waals surface area contributed by atoms with Crippen molar-refractivity contribution in [1.29, 1.82) is 0 Å². The Bertz CT molecular complexity index is 1010. The van der Waals surface area contributed by atoms with E-state index in [4.69, 9.17) is 4.84 Å². The zero-order valence-electron chi connectivity index (χ0n) is 13.4. The van der Waals surface area contributed by atoms with Gasteiger partial charge in [0.05, 0.1) is 6.42 Å². The molecule has 1 heterocycles. The summed E-state index contributed by atoms with van der Waals surface area (Å²) < 4.78 is 0.